The molecule has 0 spiro atoms. The molecule has 0 amide bonds. The highest BCUT2D eigenvalue weighted by Crippen LogP contribution is 2.29. The van der Waals surface area contributed by atoms with Crippen molar-refractivity contribution in [2.75, 3.05) is 11.5 Å². The predicted octanol–water partition coefficient (Wildman–Crippen LogP) is 2.68. The van der Waals surface area contributed by atoms with Gasteiger partial charge in [0.05, 0.1) is 16.6 Å². The van der Waals surface area contributed by atoms with E-state index in [9.17, 15) is 13.2 Å². The normalized spacial score (nSPS) is 13.2. The summed E-state index contributed by atoms with van der Waals surface area (Å²) in [5, 5.41) is 8.84. The monoisotopic (exact) mass is 302 g/mol. The van der Waals surface area contributed by atoms with Crippen LogP contribution in [0, 0.1) is 5.92 Å². The Balaban J connectivity index is 2.94. The molecule has 0 aliphatic rings. The maximum Gasteiger partial charge on any atom is 0.307 e. The summed E-state index contributed by atoms with van der Waals surface area (Å²) in [6.07, 6.45) is 0.562. The van der Waals surface area contributed by atoms with Gasteiger partial charge in [-0.1, -0.05) is 26.0 Å². The smallest absolute Gasteiger partial charge is 0.307 e. The van der Waals surface area contributed by atoms with Crippen molar-refractivity contribution >= 4 is 27.6 Å². The van der Waals surface area contributed by atoms with Gasteiger partial charge in [-0.05, 0) is 18.6 Å². The summed E-state index contributed by atoms with van der Waals surface area (Å²) >= 11 is 1.28. The minimum absolute atomic E-state index is 0.110. The summed E-state index contributed by atoms with van der Waals surface area (Å²) in [6, 6.07) is 6.76. The van der Waals surface area contributed by atoms with Gasteiger partial charge in [0.2, 0.25) is 0 Å². The van der Waals surface area contributed by atoms with Crippen LogP contribution in [0.15, 0.2) is 34.1 Å². The number of carboxylic acids is 1. The Morgan fingerprint density at radius 1 is 1.37 bits per heavy atom. The van der Waals surface area contributed by atoms with Crippen LogP contribution in [-0.4, -0.2) is 31.0 Å². The number of carbonyl (C=O) groups is 1. The number of benzene rings is 1. The van der Waals surface area contributed by atoms with E-state index in [-0.39, 0.29) is 5.75 Å². The van der Waals surface area contributed by atoms with E-state index >= 15 is 0 Å². The number of aliphatic carboxylic acids is 1. The van der Waals surface area contributed by atoms with E-state index in [0.29, 0.717) is 22.0 Å². The second-order valence-electron chi connectivity index (χ2n) is 4.32. The van der Waals surface area contributed by atoms with E-state index in [0.717, 1.165) is 0 Å². The molecule has 0 aromatic heterocycles. The van der Waals surface area contributed by atoms with Gasteiger partial charge in [-0.25, -0.2) is 8.42 Å². The van der Waals surface area contributed by atoms with E-state index < -0.39 is 21.7 Å². The molecule has 0 saturated carbocycles. The van der Waals surface area contributed by atoms with Crippen LogP contribution >= 0.6 is 11.8 Å². The average molecular weight is 302 g/mol. The van der Waals surface area contributed by atoms with Crippen LogP contribution in [0.1, 0.15) is 20.3 Å². The first-order chi connectivity index (χ1) is 8.88. The summed E-state index contributed by atoms with van der Waals surface area (Å²) < 4.78 is 24.2. The Morgan fingerprint density at radius 3 is 2.58 bits per heavy atom. The molecule has 0 bridgehead atoms. The summed E-state index contributed by atoms with van der Waals surface area (Å²) in [6.45, 7) is 3.43. The number of sulfone groups is 1. The molecule has 1 atom stereocenters. The standard InChI is InChI=1S/C13H18O4S2/c1-3-8-19(16,17)12-7-5-4-6-11(12)18-9-10(2)13(14)15/h4-7,10H,3,8-9H2,1-2H3,(H,14,15). The molecule has 106 valence electrons. The predicted molar refractivity (Wildman–Crippen MR) is 76.3 cm³/mol. The van der Waals surface area contributed by atoms with E-state index in [2.05, 4.69) is 0 Å². The van der Waals surface area contributed by atoms with Crippen LogP contribution < -0.4 is 0 Å². The molecule has 4 nitrogen and oxygen atoms in total. The molecule has 1 aromatic rings. The topological polar surface area (TPSA) is 71.4 Å². The molecule has 1 unspecified atom stereocenters. The molecule has 1 rings (SSSR count). The Bertz CT molecular complexity index is 537. The molecule has 0 heterocycles. The van der Waals surface area contributed by atoms with Crippen molar-refractivity contribution in [3.8, 4) is 0 Å². The molecular formula is C13H18O4S2. The third kappa shape index (κ3) is 4.54. The second kappa shape index (κ2) is 6.96. The van der Waals surface area contributed by atoms with E-state index in [4.69, 9.17) is 5.11 Å². The number of rotatable bonds is 7. The largest absolute Gasteiger partial charge is 0.481 e. The highest BCUT2D eigenvalue weighted by Gasteiger charge is 2.19. The highest BCUT2D eigenvalue weighted by molar-refractivity contribution is 8.00. The van der Waals surface area contributed by atoms with Gasteiger partial charge < -0.3 is 5.11 Å². The van der Waals surface area contributed by atoms with Gasteiger partial charge in [0, 0.05) is 10.6 Å². The summed E-state index contributed by atoms with van der Waals surface area (Å²) in [7, 11) is -3.28. The molecule has 0 aliphatic carbocycles. The summed E-state index contributed by atoms with van der Waals surface area (Å²) in [4.78, 5) is 11.7. The zero-order valence-electron chi connectivity index (χ0n) is 11.0. The highest BCUT2D eigenvalue weighted by atomic mass is 32.2. The molecule has 1 aromatic carbocycles. The second-order valence-corrected chi connectivity index (χ2v) is 7.46. The lowest BCUT2D eigenvalue weighted by atomic mass is 10.2. The van der Waals surface area contributed by atoms with Gasteiger partial charge in [0.15, 0.2) is 9.84 Å². The number of carboxylic acid groups (broad SMARTS) is 1. The van der Waals surface area contributed by atoms with Crippen molar-refractivity contribution in [3.63, 3.8) is 0 Å². The number of thioether (sulfide) groups is 1. The van der Waals surface area contributed by atoms with Gasteiger partial charge in [-0.15, -0.1) is 11.8 Å². The van der Waals surface area contributed by atoms with Gasteiger partial charge >= 0.3 is 5.97 Å². The number of hydrogen-bond acceptors (Lipinski definition) is 4. The first-order valence-corrected chi connectivity index (χ1v) is 8.69. The van der Waals surface area contributed by atoms with Crippen molar-refractivity contribution in [2.24, 2.45) is 5.92 Å². The van der Waals surface area contributed by atoms with Crippen molar-refractivity contribution in [1.82, 2.24) is 0 Å². The maximum atomic E-state index is 12.1. The molecule has 0 saturated heterocycles. The lowest BCUT2D eigenvalue weighted by Gasteiger charge is -2.11. The van der Waals surface area contributed by atoms with Crippen LogP contribution in [0.3, 0.4) is 0 Å². The van der Waals surface area contributed by atoms with Crippen molar-refractivity contribution in [3.05, 3.63) is 24.3 Å². The van der Waals surface area contributed by atoms with E-state index in [1.165, 1.54) is 11.8 Å². The lowest BCUT2D eigenvalue weighted by molar-refractivity contribution is -0.140. The Hall–Kier alpha value is -1.01. The molecule has 19 heavy (non-hydrogen) atoms. The van der Waals surface area contributed by atoms with E-state index in [1.807, 2.05) is 6.92 Å². The quantitative estimate of drug-likeness (QED) is 0.784. The van der Waals surface area contributed by atoms with Crippen molar-refractivity contribution < 1.29 is 18.3 Å². The number of hydrogen-bond donors (Lipinski definition) is 1. The Morgan fingerprint density at radius 2 is 2.00 bits per heavy atom. The third-order valence-corrected chi connectivity index (χ3v) is 6.00. The van der Waals surface area contributed by atoms with Gasteiger partial charge in [0.1, 0.15) is 0 Å². The zero-order chi connectivity index (χ0) is 14.5. The average Bonchev–Trinajstić information content (AvgIpc) is 2.36. The van der Waals surface area contributed by atoms with Crippen LogP contribution in [0.25, 0.3) is 0 Å². The van der Waals surface area contributed by atoms with Crippen LogP contribution in [-0.2, 0) is 14.6 Å². The van der Waals surface area contributed by atoms with Gasteiger partial charge in [0.25, 0.3) is 0 Å². The minimum atomic E-state index is -3.28. The fourth-order valence-corrected chi connectivity index (χ4v) is 4.42. The van der Waals surface area contributed by atoms with Crippen molar-refractivity contribution in [2.45, 2.75) is 30.1 Å². The molecule has 0 fully saturated rings. The van der Waals surface area contributed by atoms with Gasteiger partial charge in [-0.3, -0.25) is 4.79 Å². The minimum Gasteiger partial charge on any atom is -0.481 e. The Labute approximate surface area is 118 Å². The molecular weight excluding hydrogens is 284 g/mol. The molecule has 0 aliphatic heterocycles. The first kappa shape index (κ1) is 16.0. The summed E-state index contributed by atoms with van der Waals surface area (Å²) in [5.41, 5.74) is 0. The van der Waals surface area contributed by atoms with Crippen LogP contribution in [0.4, 0.5) is 0 Å². The molecule has 1 N–H and O–H groups in total. The van der Waals surface area contributed by atoms with Gasteiger partial charge in [-0.2, -0.15) is 0 Å². The summed E-state index contributed by atoms with van der Waals surface area (Å²) in [5.74, 6) is -0.916. The van der Waals surface area contributed by atoms with Crippen LogP contribution in [0.5, 0.6) is 0 Å². The lowest BCUT2D eigenvalue weighted by Crippen LogP contribution is -2.12. The fourth-order valence-electron chi connectivity index (χ4n) is 1.49. The molecule has 0 radical (unpaired) electrons. The zero-order valence-corrected chi connectivity index (χ0v) is 12.6. The third-order valence-electron chi connectivity index (χ3n) is 2.57. The SMILES string of the molecule is CCCS(=O)(=O)c1ccccc1SCC(C)C(=O)O. The van der Waals surface area contributed by atoms with Crippen LogP contribution in [0.2, 0.25) is 0 Å². The molecule has 6 heteroatoms. The maximum absolute atomic E-state index is 12.1. The Kier molecular flexibility index (Phi) is 5.87. The fraction of sp³-hybridized carbons (Fsp3) is 0.462. The van der Waals surface area contributed by atoms with E-state index in [1.54, 1.807) is 31.2 Å². The first-order valence-electron chi connectivity index (χ1n) is 6.06. The van der Waals surface area contributed by atoms with Crippen molar-refractivity contribution in [1.29, 1.82) is 0 Å².